The minimum atomic E-state index is -0.624. The Hall–Kier alpha value is -2.34. The molecule has 1 aliphatic heterocycles. The highest BCUT2D eigenvalue weighted by molar-refractivity contribution is 6.34. The van der Waals surface area contributed by atoms with Gasteiger partial charge >= 0.3 is 5.97 Å². The minimum absolute atomic E-state index is 0.200. The molecule has 0 atom stereocenters. The van der Waals surface area contributed by atoms with Gasteiger partial charge in [0, 0.05) is 7.05 Å². The molecule has 1 aromatic heterocycles. The Kier molecular flexibility index (Phi) is 3.87. The maximum absolute atomic E-state index is 12.6. The number of imidazole rings is 1. The molecule has 0 spiro atoms. The Bertz CT molecular complexity index is 836. The van der Waals surface area contributed by atoms with E-state index < -0.39 is 11.6 Å². The van der Waals surface area contributed by atoms with Gasteiger partial charge in [0.1, 0.15) is 11.9 Å². The number of hydrogen-bond acceptors (Lipinski definition) is 4. The number of rotatable bonds is 1. The molecule has 0 unspecified atom stereocenters. The molecule has 0 radical (unpaired) electrons. The van der Waals surface area contributed by atoms with Crippen molar-refractivity contribution >= 4 is 23.5 Å². The number of esters is 1. The van der Waals surface area contributed by atoms with Crippen LogP contribution in [0.1, 0.15) is 47.3 Å². The first kappa shape index (κ1) is 16.5. The second-order valence-electron chi connectivity index (χ2n) is 6.71. The third kappa shape index (κ3) is 2.78. The number of halogens is 1. The molecule has 7 heteroatoms. The van der Waals surface area contributed by atoms with Crippen molar-refractivity contribution in [1.82, 2.24) is 14.5 Å². The van der Waals surface area contributed by atoms with Gasteiger partial charge in [0.05, 0.1) is 28.5 Å². The molecule has 2 heterocycles. The first-order chi connectivity index (χ1) is 11.2. The summed E-state index contributed by atoms with van der Waals surface area (Å²) in [4.78, 5) is 30.8. The van der Waals surface area contributed by atoms with Crippen molar-refractivity contribution in [2.45, 2.75) is 32.9 Å². The van der Waals surface area contributed by atoms with Gasteiger partial charge in [-0.25, -0.2) is 9.78 Å². The van der Waals surface area contributed by atoms with Crippen LogP contribution < -0.4 is 0 Å². The van der Waals surface area contributed by atoms with E-state index in [-0.39, 0.29) is 18.1 Å². The van der Waals surface area contributed by atoms with Crippen molar-refractivity contribution in [3.63, 3.8) is 0 Å². The first-order valence-corrected chi connectivity index (χ1v) is 7.91. The van der Waals surface area contributed by atoms with Crippen molar-refractivity contribution in [2.24, 2.45) is 0 Å². The first-order valence-electron chi connectivity index (χ1n) is 7.53. The summed E-state index contributed by atoms with van der Waals surface area (Å²) in [5, 5.41) is 0.365. The Labute approximate surface area is 145 Å². The van der Waals surface area contributed by atoms with Gasteiger partial charge in [0.15, 0.2) is 5.69 Å². The van der Waals surface area contributed by atoms with E-state index in [0.29, 0.717) is 22.0 Å². The molecular formula is C17H18ClN3O3. The fourth-order valence-electron chi connectivity index (χ4n) is 2.64. The Morgan fingerprint density at radius 1 is 1.33 bits per heavy atom. The van der Waals surface area contributed by atoms with Crippen LogP contribution in [0.15, 0.2) is 24.5 Å². The SMILES string of the molecule is CN1Cc2c(C(=O)OC(C)(C)C)ncn2-c2cccc(Cl)c2C1=O. The Morgan fingerprint density at radius 3 is 2.71 bits per heavy atom. The second-order valence-corrected chi connectivity index (χ2v) is 7.11. The molecule has 2 aromatic rings. The standard InChI is InChI=1S/C17H18ClN3O3/c1-17(2,3)24-16(23)14-12-8-20(4)15(22)13-10(18)6-5-7-11(13)21(12)9-19-14/h5-7,9H,8H2,1-4H3. The average molecular weight is 348 g/mol. The van der Waals surface area contributed by atoms with Crippen molar-refractivity contribution in [3.05, 3.63) is 46.5 Å². The topological polar surface area (TPSA) is 64.4 Å². The molecule has 3 rings (SSSR count). The van der Waals surface area contributed by atoms with Crippen molar-refractivity contribution < 1.29 is 14.3 Å². The largest absolute Gasteiger partial charge is 0.455 e. The Morgan fingerprint density at radius 2 is 2.04 bits per heavy atom. The molecule has 0 aliphatic carbocycles. The molecule has 0 bridgehead atoms. The average Bonchev–Trinajstić information content (AvgIpc) is 2.83. The number of nitrogens with zero attached hydrogens (tertiary/aromatic N) is 3. The number of hydrogen-bond donors (Lipinski definition) is 0. The summed E-state index contributed by atoms with van der Waals surface area (Å²) in [6.07, 6.45) is 1.52. The lowest BCUT2D eigenvalue weighted by Crippen LogP contribution is -2.28. The lowest BCUT2D eigenvalue weighted by Gasteiger charge is -2.19. The van der Waals surface area contributed by atoms with Gasteiger partial charge in [-0.3, -0.25) is 9.36 Å². The fraction of sp³-hybridized carbons (Fsp3) is 0.353. The monoisotopic (exact) mass is 347 g/mol. The second kappa shape index (κ2) is 5.63. The highest BCUT2D eigenvalue weighted by Gasteiger charge is 2.31. The molecule has 1 aromatic carbocycles. The normalized spacial score (nSPS) is 14.0. The zero-order chi connectivity index (χ0) is 17.6. The van der Waals surface area contributed by atoms with Crippen LogP contribution in [0.5, 0.6) is 0 Å². The van der Waals surface area contributed by atoms with Crippen molar-refractivity contribution in [3.8, 4) is 5.69 Å². The van der Waals surface area contributed by atoms with E-state index in [2.05, 4.69) is 4.98 Å². The molecule has 24 heavy (non-hydrogen) atoms. The van der Waals surface area contributed by atoms with Gasteiger partial charge in [-0.1, -0.05) is 17.7 Å². The number of carbonyl (C=O) groups excluding carboxylic acids is 2. The van der Waals surface area contributed by atoms with Crippen molar-refractivity contribution in [2.75, 3.05) is 7.05 Å². The van der Waals surface area contributed by atoms with Gasteiger partial charge in [-0.15, -0.1) is 0 Å². The smallest absolute Gasteiger partial charge is 0.359 e. The molecule has 0 saturated carbocycles. The lowest BCUT2D eigenvalue weighted by atomic mass is 10.1. The van der Waals surface area contributed by atoms with E-state index >= 15 is 0 Å². The van der Waals surface area contributed by atoms with E-state index in [4.69, 9.17) is 16.3 Å². The molecule has 0 fully saturated rings. The predicted molar refractivity (Wildman–Crippen MR) is 89.5 cm³/mol. The number of ether oxygens (including phenoxy) is 1. The van der Waals surface area contributed by atoms with Crippen molar-refractivity contribution in [1.29, 1.82) is 0 Å². The lowest BCUT2D eigenvalue weighted by molar-refractivity contribution is 0.00608. The quantitative estimate of drug-likeness (QED) is 0.744. The summed E-state index contributed by atoms with van der Waals surface area (Å²) in [5.41, 5.74) is 1.18. The summed E-state index contributed by atoms with van der Waals surface area (Å²) in [6.45, 7) is 5.62. The number of amides is 1. The maximum atomic E-state index is 12.6. The molecule has 0 N–H and O–H groups in total. The van der Waals surface area contributed by atoms with Crippen LogP contribution in [-0.2, 0) is 11.3 Å². The molecule has 126 valence electrons. The van der Waals surface area contributed by atoms with E-state index in [1.54, 1.807) is 50.6 Å². The third-order valence-electron chi connectivity index (χ3n) is 3.66. The maximum Gasteiger partial charge on any atom is 0.359 e. The van der Waals surface area contributed by atoms with Gasteiger partial charge in [0.2, 0.25) is 0 Å². The van der Waals surface area contributed by atoms with Crippen LogP contribution in [0.25, 0.3) is 5.69 Å². The van der Waals surface area contributed by atoms with E-state index in [9.17, 15) is 9.59 Å². The number of carbonyl (C=O) groups is 2. The van der Waals surface area contributed by atoms with Gasteiger partial charge in [0.25, 0.3) is 5.91 Å². The number of benzene rings is 1. The van der Waals surface area contributed by atoms with Crippen LogP contribution in [0.2, 0.25) is 5.02 Å². The highest BCUT2D eigenvalue weighted by atomic mass is 35.5. The van der Waals surface area contributed by atoms with E-state index in [1.807, 2.05) is 0 Å². The zero-order valence-corrected chi connectivity index (χ0v) is 14.7. The number of aromatic nitrogens is 2. The summed E-state index contributed by atoms with van der Waals surface area (Å²) in [6, 6.07) is 5.21. The molecule has 1 aliphatic rings. The summed E-state index contributed by atoms with van der Waals surface area (Å²) in [5.74, 6) is -0.711. The van der Waals surface area contributed by atoms with Crippen LogP contribution in [-0.4, -0.2) is 39.0 Å². The number of fused-ring (bicyclic) bond motifs is 3. The third-order valence-corrected chi connectivity index (χ3v) is 3.97. The predicted octanol–water partition coefficient (Wildman–Crippen LogP) is 3.07. The highest BCUT2D eigenvalue weighted by Crippen LogP contribution is 2.30. The van der Waals surface area contributed by atoms with E-state index in [1.165, 1.54) is 11.2 Å². The van der Waals surface area contributed by atoms with Crippen LogP contribution >= 0.6 is 11.6 Å². The summed E-state index contributed by atoms with van der Waals surface area (Å²) < 4.78 is 7.14. The van der Waals surface area contributed by atoms with E-state index in [0.717, 1.165) is 0 Å². The molecule has 0 saturated heterocycles. The van der Waals surface area contributed by atoms with Gasteiger partial charge in [-0.2, -0.15) is 0 Å². The molecule has 1 amide bonds. The van der Waals surface area contributed by atoms with Crippen LogP contribution in [0.3, 0.4) is 0 Å². The summed E-state index contributed by atoms with van der Waals surface area (Å²) in [7, 11) is 1.66. The minimum Gasteiger partial charge on any atom is -0.455 e. The molecular weight excluding hydrogens is 330 g/mol. The van der Waals surface area contributed by atoms with Crippen LogP contribution in [0, 0.1) is 0 Å². The van der Waals surface area contributed by atoms with Crippen LogP contribution in [0.4, 0.5) is 0 Å². The fourth-order valence-corrected chi connectivity index (χ4v) is 2.89. The molecule has 6 nitrogen and oxygen atoms in total. The Balaban J connectivity index is 2.16. The zero-order valence-electron chi connectivity index (χ0n) is 14.0. The summed E-state index contributed by atoms with van der Waals surface area (Å²) >= 11 is 6.22. The van der Waals surface area contributed by atoms with Gasteiger partial charge < -0.3 is 9.64 Å². The van der Waals surface area contributed by atoms with Gasteiger partial charge in [-0.05, 0) is 32.9 Å².